The molecule has 0 aliphatic heterocycles. The van der Waals surface area contributed by atoms with Crippen molar-refractivity contribution >= 4 is 18.3 Å². The normalized spacial score (nSPS) is 11.4. The Labute approximate surface area is 110 Å². The van der Waals surface area contributed by atoms with Crippen molar-refractivity contribution in [1.82, 2.24) is 10.6 Å². The zero-order valence-corrected chi connectivity index (χ0v) is 10.6. The van der Waals surface area contributed by atoms with Crippen molar-refractivity contribution in [1.29, 1.82) is 0 Å². The van der Waals surface area contributed by atoms with Gasteiger partial charge in [0.25, 0.3) is 0 Å². The Morgan fingerprint density at radius 1 is 1.42 bits per heavy atom. The molecule has 1 rings (SSSR count). The first-order valence-corrected chi connectivity index (χ1v) is 5.79. The largest absolute Gasteiger partial charge is 0.481 e. The standard InChI is InChI=1S/C13H16N2O4/c1-9-3-2-4-10(7-9)11(8-12(17)18)15-13(19)14-5-6-16/h2-4,6-7,11H,5,8H2,1H3,(H,17,18)(H2,14,15,19). The van der Waals surface area contributed by atoms with E-state index in [2.05, 4.69) is 10.6 Å². The summed E-state index contributed by atoms with van der Waals surface area (Å²) in [5.74, 6) is -1.01. The van der Waals surface area contributed by atoms with Gasteiger partial charge in [-0.1, -0.05) is 29.8 Å². The monoisotopic (exact) mass is 264 g/mol. The number of carbonyl (C=O) groups is 3. The lowest BCUT2D eigenvalue weighted by Crippen LogP contribution is -2.39. The van der Waals surface area contributed by atoms with Crippen molar-refractivity contribution in [2.24, 2.45) is 0 Å². The van der Waals surface area contributed by atoms with Crippen LogP contribution < -0.4 is 10.6 Å². The maximum Gasteiger partial charge on any atom is 0.315 e. The molecule has 6 heteroatoms. The van der Waals surface area contributed by atoms with Crippen LogP contribution in [0.4, 0.5) is 4.79 Å². The second-order valence-corrected chi connectivity index (χ2v) is 4.09. The number of benzene rings is 1. The summed E-state index contributed by atoms with van der Waals surface area (Å²) in [6.45, 7) is 1.77. The van der Waals surface area contributed by atoms with Gasteiger partial charge < -0.3 is 20.5 Å². The predicted molar refractivity (Wildman–Crippen MR) is 68.8 cm³/mol. The molecule has 1 aromatic carbocycles. The van der Waals surface area contributed by atoms with Crippen LogP contribution in [0.15, 0.2) is 24.3 Å². The van der Waals surface area contributed by atoms with Crippen molar-refractivity contribution in [3.05, 3.63) is 35.4 Å². The second kappa shape index (κ2) is 7.15. The SMILES string of the molecule is Cc1cccc(C(CC(=O)O)NC(=O)NCC=O)c1. The number of hydrogen-bond donors (Lipinski definition) is 3. The van der Waals surface area contributed by atoms with E-state index in [9.17, 15) is 14.4 Å². The molecule has 1 atom stereocenters. The van der Waals surface area contributed by atoms with Crippen LogP contribution in [0.25, 0.3) is 0 Å². The molecule has 0 radical (unpaired) electrons. The van der Waals surface area contributed by atoms with Crippen LogP contribution in [0.3, 0.4) is 0 Å². The molecule has 0 saturated heterocycles. The molecule has 0 spiro atoms. The minimum absolute atomic E-state index is 0.112. The van der Waals surface area contributed by atoms with Gasteiger partial charge in [-0.2, -0.15) is 0 Å². The zero-order chi connectivity index (χ0) is 14.3. The average molecular weight is 264 g/mol. The number of hydrogen-bond acceptors (Lipinski definition) is 3. The third kappa shape index (κ3) is 5.20. The van der Waals surface area contributed by atoms with Gasteiger partial charge in [0.2, 0.25) is 0 Å². The number of aryl methyl sites for hydroxylation is 1. The van der Waals surface area contributed by atoms with E-state index >= 15 is 0 Å². The van der Waals surface area contributed by atoms with E-state index < -0.39 is 18.0 Å². The summed E-state index contributed by atoms with van der Waals surface area (Å²) >= 11 is 0. The Morgan fingerprint density at radius 3 is 2.74 bits per heavy atom. The van der Waals surface area contributed by atoms with Crippen LogP contribution in [0.1, 0.15) is 23.6 Å². The summed E-state index contributed by atoms with van der Waals surface area (Å²) in [5.41, 5.74) is 1.69. The Hall–Kier alpha value is -2.37. The number of aliphatic carboxylic acids is 1. The second-order valence-electron chi connectivity index (χ2n) is 4.09. The van der Waals surface area contributed by atoms with Gasteiger partial charge in [-0.05, 0) is 12.5 Å². The summed E-state index contributed by atoms with van der Waals surface area (Å²) in [6.07, 6.45) is 0.330. The lowest BCUT2D eigenvalue weighted by atomic mass is 10.0. The first-order valence-electron chi connectivity index (χ1n) is 5.79. The van der Waals surface area contributed by atoms with Crippen LogP contribution in [0.5, 0.6) is 0 Å². The molecule has 3 N–H and O–H groups in total. The third-order valence-electron chi connectivity index (χ3n) is 2.47. The fourth-order valence-electron chi connectivity index (χ4n) is 1.66. The number of amides is 2. The van der Waals surface area contributed by atoms with Crippen LogP contribution in [-0.2, 0) is 9.59 Å². The van der Waals surface area contributed by atoms with E-state index in [-0.39, 0.29) is 13.0 Å². The molecular weight excluding hydrogens is 248 g/mol. The molecular formula is C13H16N2O4. The maximum absolute atomic E-state index is 11.5. The number of urea groups is 1. The van der Waals surface area contributed by atoms with Gasteiger partial charge >= 0.3 is 12.0 Å². The van der Waals surface area contributed by atoms with Crippen molar-refractivity contribution < 1.29 is 19.5 Å². The molecule has 102 valence electrons. The zero-order valence-electron chi connectivity index (χ0n) is 10.6. The van der Waals surface area contributed by atoms with Gasteiger partial charge in [-0.3, -0.25) is 4.79 Å². The lowest BCUT2D eigenvalue weighted by molar-refractivity contribution is -0.137. The number of aldehydes is 1. The van der Waals surface area contributed by atoms with Crippen LogP contribution in [-0.4, -0.2) is 29.9 Å². The Balaban J connectivity index is 2.79. The first-order chi connectivity index (χ1) is 9.02. The number of nitrogens with one attached hydrogen (secondary N) is 2. The number of carboxylic acids is 1. The molecule has 0 aromatic heterocycles. The lowest BCUT2D eigenvalue weighted by Gasteiger charge is -2.18. The van der Waals surface area contributed by atoms with Gasteiger partial charge in [0, 0.05) is 0 Å². The van der Waals surface area contributed by atoms with E-state index in [1.165, 1.54) is 0 Å². The van der Waals surface area contributed by atoms with E-state index in [1.54, 1.807) is 12.1 Å². The highest BCUT2D eigenvalue weighted by Crippen LogP contribution is 2.17. The fraction of sp³-hybridized carbons (Fsp3) is 0.308. The molecule has 0 aliphatic carbocycles. The third-order valence-corrected chi connectivity index (χ3v) is 2.47. The fourth-order valence-corrected chi connectivity index (χ4v) is 1.66. The average Bonchev–Trinajstić information content (AvgIpc) is 2.35. The molecule has 19 heavy (non-hydrogen) atoms. The van der Waals surface area contributed by atoms with Gasteiger partial charge in [0.1, 0.15) is 6.29 Å². The van der Waals surface area contributed by atoms with Gasteiger partial charge in [-0.25, -0.2) is 4.79 Å². The van der Waals surface area contributed by atoms with Crippen molar-refractivity contribution in [3.8, 4) is 0 Å². The van der Waals surface area contributed by atoms with E-state index in [1.807, 2.05) is 19.1 Å². The van der Waals surface area contributed by atoms with E-state index in [0.29, 0.717) is 11.8 Å². The summed E-state index contributed by atoms with van der Waals surface area (Å²) in [7, 11) is 0. The first kappa shape index (κ1) is 14.7. The minimum atomic E-state index is -1.01. The minimum Gasteiger partial charge on any atom is -0.481 e. The molecule has 2 amide bonds. The predicted octanol–water partition coefficient (Wildman–Crippen LogP) is 1.01. The Morgan fingerprint density at radius 2 is 2.16 bits per heavy atom. The van der Waals surface area contributed by atoms with Crippen LogP contribution >= 0.6 is 0 Å². The Kier molecular flexibility index (Phi) is 5.53. The van der Waals surface area contributed by atoms with E-state index in [0.717, 1.165) is 5.56 Å². The number of rotatable bonds is 6. The topological polar surface area (TPSA) is 95.5 Å². The Bertz CT molecular complexity index is 473. The summed E-state index contributed by atoms with van der Waals surface area (Å²) < 4.78 is 0. The molecule has 1 aromatic rings. The molecule has 0 heterocycles. The number of carboxylic acid groups (broad SMARTS) is 1. The van der Waals surface area contributed by atoms with Crippen molar-refractivity contribution in [2.75, 3.05) is 6.54 Å². The summed E-state index contributed by atoms with van der Waals surface area (Å²) in [4.78, 5) is 32.5. The molecule has 0 saturated carbocycles. The van der Waals surface area contributed by atoms with Gasteiger partial charge in [-0.15, -0.1) is 0 Å². The highest BCUT2D eigenvalue weighted by atomic mass is 16.4. The van der Waals surface area contributed by atoms with Gasteiger partial charge in [0.05, 0.1) is 19.0 Å². The highest BCUT2D eigenvalue weighted by Gasteiger charge is 2.17. The highest BCUT2D eigenvalue weighted by molar-refractivity contribution is 5.78. The molecule has 6 nitrogen and oxygen atoms in total. The van der Waals surface area contributed by atoms with Crippen molar-refractivity contribution in [3.63, 3.8) is 0 Å². The van der Waals surface area contributed by atoms with Crippen molar-refractivity contribution in [2.45, 2.75) is 19.4 Å². The smallest absolute Gasteiger partial charge is 0.315 e. The number of carbonyl (C=O) groups excluding carboxylic acids is 2. The van der Waals surface area contributed by atoms with E-state index in [4.69, 9.17) is 5.11 Å². The quantitative estimate of drug-likeness (QED) is 0.668. The molecule has 0 fully saturated rings. The molecule has 1 unspecified atom stereocenters. The van der Waals surface area contributed by atoms with Gasteiger partial charge in [0.15, 0.2) is 0 Å². The molecule has 0 aliphatic rings. The maximum atomic E-state index is 11.5. The van der Waals surface area contributed by atoms with Crippen LogP contribution in [0.2, 0.25) is 0 Å². The summed E-state index contributed by atoms with van der Waals surface area (Å²) in [6, 6.07) is 6.04. The van der Waals surface area contributed by atoms with Crippen LogP contribution in [0, 0.1) is 6.92 Å². The summed E-state index contributed by atoms with van der Waals surface area (Å²) in [5, 5.41) is 13.7. The molecule has 0 bridgehead atoms.